The van der Waals surface area contributed by atoms with Crippen molar-refractivity contribution in [3.8, 4) is 5.75 Å². The third-order valence-electron chi connectivity index (χ3n) is 2.50. The maximum Gasteiger partial charge on any atom is 0.341 e. The van der Waals surface area contributed by atoms with Gasteiger partial charge in [-0.2, -0.15) is 0 Å². The van der Waals surface area contributed by atoms with Crippen LogP contribution in [-0.2, 0) is 19.1 Å². The summed E-state index contributed by atoms with van der Waals surface area (Å²) in [7, 11) is 2.41. The second kappa shape index (κ2) is 7.13. The summed E-state index contributed by atoms with van der Waals surface area (Å²) in [5, 5.41) is 12.3. The molecule has 0 saturated heterocycles. The Balaban J connectivity index is 2.75. The van der Waals surface area contributed by atoms with Crippen LogP contribution in [0.3, 0.4) is 0 Å². The van der Waals surface area contributed by atoms with Crippen LogP contribution in [0.5, 0.6) is 5.75 Å². The molecule has 0 aliphatic carbocycles. The molecule has 1 aromatic carbocycles. The highest BCUT2D eigenvalue weighted by Gasteiger charge is 2.16. The number of benzene rings is 1. The lowest BCUT2D eigenvalue weighted by molar-refractivity contribution is -0.141. The molecule has 0 unspecified atom stereocenters. The number of hydrogen-bond acceptors (Lipinski definition) is 6. The van der Waals surface area contributed by atoms with Crippen molar-refractivity contribution in [1.82, 2.24) is 0 Å². The van der Waals surface area contributed by atoms with Gasteiger partial charge in [-0.25, -0.2) is 4.79 Å². The Labute approximate surface area is 115 Å². The molecule has 0 aliphatic heterocycles. The van der Waals surface area contributed by atoms with Gasteiger partial charge in [-0.05, 0) is 12.1 Å². The number of nitrogens with one attached hydrogen (secondary N) is 1. The van der Waals surface area contributed by atoms with E-state index in [1.54, 1.807) is 0 Å². The number of hydrogen-bond donors (Lipinski definition) is 2. The number of aromatic hydroxyl groups is 1. The van der Waals surface area contributed by atoms with Crippen LogP contribution in [0.2, 0.25) is 0 Å². The number of phenols is 1. The lowest BCUT2D eigenvalue weighted by Gasteiger charge is -2.09. The normalized spacial score (nSPS) is 9.70. The second-order valence-electron chi connectivity index (χ2n) is 3.82. The van der Waals surface area contributed by atoms with Gasteiger partial charge in [0.05, 0.1) is 26.3 Å². The summed E-state index contributed by atoms with van der Waals surface area (Å²) in [5.41, 5.74) is 0.0148. The maximum atomic E-state index is 11.6. The number of ether oxygens (including phenoxy) is 2. The summed E-state index contributed by atoms with van der Waals surface area (Å²) in [6.07, 6.45) is -0.158. The van der Waals surface area contributed by atoms with Crippen LogP contribution in [0.25, 0.3) is 0 Å². The maximum absolute atomic E-state index is 11.6. The van der Waals surface area contributed by atoms with Gasteiger partial charge < -0.3 is 19.9 Å². The molecule has 2 N–H and O–H groups in total. The number of rotatable bonds is 5. The molecule has 0 spiro atoms. The topological polar surface area (TPSA) is 102 Å². The Morgan fingerprint density at radius 1 is 1.15 bits per heavy atom. The van der Waals surface area contributed by atoms with Gasteiger partial charge >= 0.3 is 11.9 Å². The van der Waals surface area contributed by atoms with Crippen molar-refractivity contribution in [2.24, 2.45) is 0 Å². The molecule has 0 saturated carbocycles. The van der Waals surface area contributed by atoms with Crippen molar-refractivity contribution in [2.45, 2.75) is 12.8 Å². The molecule has 20 heavy (non-hydrogen) atoms. The summed E-state index contributed by atoms with van der Waals surface area (Å²) in [5.74, 6) is -2.08. The summed E-state index contributed by atoms with van der Waals surface area (Å²) >= 11 is 0. The first-order valence-corrected chi connectivity index (χ1v) is 5.76. The summed E-state index contributed by atoms with van der Waals surface area (Å²) in [4.78, 5) is 33.9. The van der Waals surface area contributed by atoms with Crippen molar-refractivity contribution >= 4 is 23.5 Å². The van der Waals surface area contributed by atoms with Crippen molar-refractivity contribution in [3.63, 3.8) is 0 Å². The molecule has 7 nitrogen and oxygen atoms in total. The first-order chi connectivity index (χ1) is 9.49. The third-order valence-corrected chi connectivity index (χ3v) is 2.50. The molecule has 0 bridgehead atoms. The zero-order chi connectivity index (χ0) is 15.1. The van der Waals surface area contributed by atoms with Crippen LogP contribution < -0.4 is 5.32 Å². The Kier molecular flexibility index (Phi) is 5.52. The monoisotopic (exact) mass is 281 g/mol. The van der Waals surface area contributed by atoms with E-state index < -0.39 is 17.8 Å². The fourth-order valence-corrected chi connectivity index (χ4v) is 1.45. The van der Waals surface area contributed by atoms with E-state index in [0.29, 0.717) is 0 Å². The van der Waals surface area contributed by atoms with Crippen LogP contribution >= 0.6 is 0 Å². The molecular weight excluding hydrogens is 266 g/mol. The fraction of sp³-hybridized carbons (Fsp3) is 0.308. The minimum absolute atomic E-state index is 0.0572. The molecule has 0 fully saturated rings. The molecule has 0 radical (unpaired) electrons. The number of methoxy groups -OCH3 is 2. The van der Waals surface area contributed by atoms with Gasteiger partial charge in [0, 0.05) is 6.42 Å². The van der Waals surface area contributed by atoms with E-state index in [9.17, 15) is 19.5 Å². The van der Waals surface area contributed by atoms with Gasteiger partial charge in [-0.1, -0.05) is 6.07 Å². The number of anilines is 1. The lowest BCUT2D eigenvalue weighted by atomic mass is 10.1. The van der Waals surface area contributed by atoms with Gasteiger partial charge in [0.1, 0.15) is 5.56 Å². The minimum Gasteiger partial charge on any atom is -0.505 e. The number of amides is 1. The zero-order valence-corrected chi connectivity index (χ0v) is 11.1. The number of phenolic OH excluding ortho intramolecular Hbond substituents is 1. The second-order valence-corrected chi connectivity index (χ2v) is 3.82. The van der Waals surface area contributed by atoms with Gasteiger partial charge in [0.2, 0.25) is 5.91 Å². The van der Waals surface area contributed by atoms with Crippen molar-refractivity contribution in [1.29, 1.82) is 0 Å². The molecule has 0 aromatic heterocycles. The molecular formula is C13H15NO6. The van der Waals surface area contributed by atoms with Crippen LogP contribution in [0.1, 0.15) is 23.2 Å². The van der Waals surface area contributed by atoms with E-state index in [0.717, 1.165) is 0 Å². The number of para-hydroxylation sites is 1. The molecule has 108 valence electrons. The Morgan fingerprint density at radius 3 is 2.45 bits per heavy atom. The highest BCUT2D eigenvalue weighted by atomic mass is 16.5. The molecule has 1 rings (SSSR count). The van der Waals surface area contributed by atoms with Crippen LogP contribution in [0.4, 0.5) is 5.69 Å². The van der Waals surface area contributed by atoms with Crippen LogP contribution in [0, 0.1) is 0 Å². The van der Waals surface area contributed by atoms with Gasteiger partial charge in [0.15, 0.2) is 5.75 Å². The largest absolute Gasteiger partial charge is 0.505 e. The first-order valence-electron chi connectivity index (χ1n) is 5.76. The van der Waals surface area contributed by atoms with Crippen LogP contribution in [-0.4, -0.2) is 37.2 Å². The molecule has 7 heteroatoms. The smallest absolute Gasteiger partial charge is 0.341 e. The van der Waals surface area contributed by atoms with E-state index >= 15 is 0 Å². The lowest BCUT2D eigenvalue weighted by Crippen LogP contribution is -2.14. The van der Waals surface area contributed by atoms with E-state index in [1.807, 2.05) is 0 Å². The highest BCUT2D eigenvalue weighted by molar-refractivity contribution is 5.99. The quantitative estimate of drug-likeness (QED) is 0.618. The zero-order valence-electron chi connectivity index (χ0n) is 11.1. The summed E-state index contributed by atoms with van der Waals surface area (Å²) in [6.45, 7) is 0. The highest BCUT2D eigenvalue weighted by Crippen LogP contribution is 2.28. The standard InChI is InChI=1S/C13H15NO6/c1-19-11(16)7-6-10(15)14-9-5-3-4-8(12(9)17)13(18)20-2/h3-5,17H,6-7H2,1-2H3,(H,14,15). The SMILES string of the molecule is COC(=O)CCC(=O)Nc1cccc(C(=O)OC)c1O. The molecule has 1 aromatic rings. The van der Waals surface area contributed by atoms with E-state index in [2.05, 4.69) is 14.8 Å². The Hall–Kier alpha value is -2.57. The van der Waals surface area contributed by atoms with Gasteiger partial charge in [-0.3, -0.25) is 9.59 Å². The fourth-order valence-electron chi connectivity index (χ4n) is 1.45. The van der Waals surface area contributed by atoms with Crippen molar-refractivity contribution in [2.75, 3.05) is 19.5 Å². The van der Waals surface area contributed by atoms with Gasteiger partial charge in [-0.15, -0.1) is 0 Å². The minimum atomic E-state index is -0.715. The Bertz CT molecular complexity index is 526. The predicted octanol–water partition coefficient (Wildman–Crippen LogP) is 1.07. The van der Waals surface area contributed by atoms with Gasteiger partial charge in [0.25, 0.3) is 0 Å². The van der Waals surface area contributed by atoms with Crippen LogP contribution in [0.15, 0.2) is 18.2 Å². The molecule has 0 heterocycles. The van der Waals surface area contributed by atoms with Crippen molar-refractivity contribution in [3.05, 3.63) is 23.8 Å². The molecule has 0 aliphatic rings. The molecule has 0 atom stereocenters. The molecule has 1 amide bonds. The average Bonchev–Trinajstić information content (AvgIpc) is 2.46. The number of carbonyl (C=O) groups is 3. The number of carbonyl (C=O) groups excluding carboxylic acids is 3. The van der Waals surface area contributed by atoms with E-state index in [1.165, 1.54) is 32.4 Å². The first kappa shape index (κ1) is 15.5. The van der Waals surface area contributed by atoms with Crippen molar-refractivity contribution < 1.29 is 29.0 Å². The average molecular weight is 281 g/mol. The third kappa shape index (κ3) is 3.98. The predicted molar refractivity (Wildman–Crippen MR) is 69.3 cm³/mol. The summed E-state index contributed by atoms with van der Waals surface area (Å²) in [6, 6.07) is 4.28. The van der Waals surface area contributed by atoms with E-state index in [4.69, 9.17) is 0 Å². The summed E-state index contributed by atoms with van der Waals surface area (Å²) < 4.78 is 8.91. The number of esters is 2. The van der Waals surface area contributed by atoms with E-state index in [-0.39, 0.29) is 29.8 Å². The Morgan fingerprint density at radius 2 is 1.85 bits per heavy atom.